The summed E-state index contributed by atoms with van der Waals surface area (Å²) in [5, 5.41) is 9.84. The highest BCUT2D eigenvalue weighted by Crippen LogP contribution is 2.25. The average molecular weight is 322 g/mol. The van der Waals surface area contributed by atoms with E-state index in [-0.39, 0.29) is 11.6 Å². The predicted molar refractivity (Wildman–Crippen MR) is 88.6 cm³/mol. The van der Waals surface area contributed by atoms with Gasteiger partial charge in [-0.25, -0.2) is 9.78 Å². The van der Waals surface area contributed by atoms with Crippen LogP contribution in [0.4, 0.5) is 5.69 Å². The van der Waals surface area contributed by atoms with E-state index in [1.54, 1.807) is 24.3 Å². The first-order chi connectivity index (χ1) is 11.7. The minimum Gasteiger partial charge on any atom is -0.479 e. The third kappa shape index (κ3) is 3.33. The van der Waals surface area contributed by atoms with Crippen LogP contribution in [-0.4, -0.2) is 29.4 Å². The number of rotatable bonds is 4. The molecule has 0 unspecified atom stereocenters. The zero-order valence-electron chi connectivity index (χ0n) is 12.8. The Hall–Kier alpha value is -3.41. The minimum atomic E-state index is -0.410. The number of benzene rings is 2. The van der Waals surface area contributed by atoms with E-state index in [9.17, 15) is 9.90 Å². The molecule has 6 heteroatoms. The lowest BCUT2D eigenvalue weighted by Crippen LogP contribution is -1.99. The number of oxazole rings is 1. The molecule has 0 aliphatic heterocycles. The summed E-state index contributed by atoms with van der Waals surface area (Å²) < 4.78 is 9.88. The van der Waals surface area contributed by atoms with Crippen molar-refractivity contribution in [3.8, 4) is 17.4 Å². The SMILES string of the molecule is COC(=O)c1ccc(N=Cc2nc(-c3ccccc3)oc2O)cc1. The molecule has 6 nitrogen and oxygen atoms in total. The lowest BCUT2D eigenvalue weighted by Gasteiger charge is -1.98. The fourth-order valence-electron chi connectivity index (χ4n) is 2.05. The number of aromatic nitrogens is 1. The third-order valence-electron chi connectivity index (χ3n) is 3.28. The van der Waals surface area contributed by atoms with Gasteiger partial charge in [0, 0.05) is 5.56 Å². The number of aromatic hydroxyl groups is 1. The van der Waals surface area contributed by atoms with Crippen molar-refractivity contribution in [3.63, 3.8) is 0 Å². The van der Waals surface area contributed by atoms with Crippen LogP contribution >= 0.6 is 0 Å². The number of hydrogen-bond donors (Lipinski definition) is 1. The molecule has 0 fully saturated rings. The normalized spacial score (nSPS) is 10.9. The molecule has 0 saturated heterocycles. The Morgan fingerprint density at radius 2 is 1.88 bits per heavy atom. The summed E-state index contributed by atoms with van der Waals surface area (Å²) in [6.07, 6.45) is 1.40. The lowest BCUT2D eigenvalue weighted by molar-refractivity contribution is 0.0601. The Bertz CT molecular complexity index is 868. The standard InChI is InChI=1S/C18H14N2O4/c1-23-17(21)13-7-9-14(10-8-13)19-11-15-18(22)24-16(20-15)12-5-3-2-4-6-12/h2-11,22H,1H3. The molecule has 2 aromatic carbocycles. The van der Waals surface area contributed by atoms with Gasteiger partial charge in [-0.1, -0.05) is 18.2 Å². The molecule has 120 valence electrons. The first-order valence-corrected chi connectivity index (χ1v) is 7.15. The van der Waals surface area contributed by atoms with Gasteiger partial charge in [0.15, 0.2) is 5.69 Å². The number of methoxy groups -OCH3 is 1. The van der Waals surface area contributed by atoms with Crippen molar-refractivity contribution < 1.29 is 19.1 Å². The summed E-state index contributed by atoms with van der Waals surface area (Å²) in [6, 6.07) is 15.8. The molecule has 24 heavy (non-hydrogen) atoms. The van der Waals surface area contributed by atoms with E-state index < -0.39 is 5.97 Å². The number of aliphatic imine (C=N–C) groups is 1. The van der Waals surface area contributed by atoms with Crippen LogP contribution in [0.1, 0.15) is 16.1 Å². The van der Waals surface area contributed by atoms with E-state index in [0.717, 1.165) is 5.56 Å². The Kier molecular flexibility index (Phi) is 4.38. The van der Waals surface area contributed by atoms with Crippen molar-refractivity contribution in [1.82, 2.24) is 4.98 Å². The molecule has 0 saturated carbocycles. The summed E-state index contributed by atoms with van der Waals surface area (Å²) in [5.41, 5.74) is 2.03. The molecule has 3 aromatic rings. The first kappa shape index (κ1) is 15.5. The largest absolute Gasteiger partial charge is 0.479 e. The summed E-state index contributed by atoms with van der Waals surface area (Å²) in [6.45, 7) is 0. The molecule has 0 aliphatic carbocycles. The third-order valence-corrected chi connectivity index (χ3v) is 3.28. The van der Waals surface area contributed by atoms with E-state index in [4.69, 9.17) is 4.42 Å². The maximum absolute atomic E-state index is 11.4. The monoisotopic (exact) mass is 322 g/mol. The number of nitrogens with zero attached hydrogens (tertiary/aromatic N) is 2. The van der Waals surface area contributed by atoms with E-state index >= 15 is 0 Å². The Morgan fingerprint density at radius 1 is 1.17 bits per heavy atom. The molecule has 0 bridgehead atoms. The summed E-state index contributed by atoms with van der Waals surface area (Å²) in [4.78, 5) is 19.8. The van der Waals surface area contributed by atoms with Gasteiger partial charge in [0.2, 0.25) is 5.89 Å². The molecule has 3 rings (SSSR count). The van der Waals surface area contributed by atoms with Crippen molar-refractivity contribution >= 4 is 17.9 Å². The quantitative estimate of drug-likeness (QED) is 0.586. The van der Waals surface area contributed by atoms with E-state index in [0.29, 0.717) is 17.1 Å². The van der Waals surface area contributed by atoms with Crippen LogP contribution in [0.5, 0.6) is 5.95 Å². The molecule has 1 heterocycles. The second-order valence-corrected chi connectivity index (χ2v) is 4.87. The summed E-state index contributed by atoms with van der Waals surface area (Å²) in [5.74, 6) is -0.397. The van der Waals surface area contributed by atoms with E-state index in [1.165, 1.54) is 13.3 Å². The van der Waals surface area contributed by atoms with Gasteiger partial charge in [-0.2, -0.15) is 0 Å². The number of ether oxygens (including phenoxy) is 1. The van der Waals surface area contributed by atoms with Crippen molar-refractivity contribution in [1.29, 1.82) is 0 Å². The second-order valence-electron chi connectivity index (χ2n) is 4.87. The molecule has 1 N–H and O–H groups in total. The molecule has 0 atom stereocenters. The van der Waals surface area contributed by atoms with Crippen molar-refractivity contribution in [2.24, 2.45) is 4.99 Å². The molecule has 1 aromatic heterocycles. The number of carbonyl (C=O) groups is 1. The average Bonchev–Trinajstić information content (AvgIpc) is 3.01. The van der Waals surface area contributed by atoms with Gasteiger partial charge in [0.05, 0.1) is 24.6 Å². The van der Waals surface area contributed by atoms with Crippen molar-refractivity contribution in [3.05, 3.63) is 65.9 Å². The van der Waals surface area contributed by atoms with Crippen molar-refractivity contribution in [2.45, 2.75) is 0 Å². The smallest absolute Gasteiger partial charge is 0.337 e. The second kappa shape index (κ2) is 6.78. The molecule has 0 aliphatic rings. The number of esters is 1. The molecule has 0 radical (unpaired) electrons. The van der Waals surface area contributed by atoms with Crippen LogP contribution < -0.4 is 0 Å². The maximum Gasteiger partial charge on any atom is 0.337 e. The zero-order chi connectivity index (χ0) is 16.9. The fourth-order valence-corrected chi connectivity index (χ4v) is 2.05. The van der Waals surface area contributed by atoms with Crippen LogP contribution in [0.15, 0.2) is 64.0 Å². The Morgan fingerprint density at radius 3 is 2.54 bits per heavy atom. The first-order valence-electron chi connectivity index (χ1n) is 7.15. The maximum atomic E-state index is 11.4. The van der Waals surface area contributed by atoms with Gasteiger partial charge in [0.1, 0.15) is 0 Å². The highest BCUT2D eigenvalue weighted by atomic mass is 16.5. The van der Waals surface area contributed by atoms with E-state index in [1.807, 2.05) is 30.3 Å². The van der Waals surface area contributed by atoms with Crippen LogP contribution in [-0.2, 0) is 4.74 Å². The van der Waals surface area contributed by atoms with Crippen LogP contribution in [0.25, 0.3) is 11.5 Å². The highest BCUT2D eigenvalue weighted by Gasteiger charge is 2.12. The molecule has 0 spiro atoms. The van der Waals surface area contributed by atoms with Gasteiger partial charge in [-0.05, 0) is 36.4 Å². The predicted octanol–water partition coefficient (Wildman–Crippen LogP) is 3.58. The zero-order valence-corrected chi connectivity index (χ0v) is 12.8. The van der Waals surface area contributed by atoms with Gasteiger partial charge >= 0.3 is 11.9 Å². The Balaban J connectivity index is 1.80. The van der Waals surface area contributed by atoms with Crippen LogP contribution in [0.2, 0.25) is 0 Å². The van der Waals surface area contributed by atoms with Crippen LogP contribution in [0.3, 0.4) is 0 Å². The van der Waals surface area contributed by atoms with Crippen molar-refractivity contribution in [2.75, 3.05) is 7.11 Å². The molecular formula is C18H14N2O4. The fraction of sp³-hybridized carbons (Fsp3) is 0.0556. The topological polar surface area (TPSA) is 84.9 Å². The molecule has 0 amide bonds. The highest BCUT2D eigenvalue weighted by molar-refractivity contribution is 5.90. The minimum absolute atomic E-state index is 0.228. The molecular weight excluding hydrogens is 308 g/mol. The summed E-state index contributed by atoms with van der Waals surface area (Å²) >= 11 is 0. The van der Waals surface area contributed by atoms with Gasteiger partial charge in [0.25, 0.3) is 0 Å². The Labute approximate surface area is 138 Å². The van der Waals surface area contributed by atoms with Gasteiger partial charge in [-0.15, -0.1) is 0 Å². The summed E-state index contributed by atoms with van der Waals surface area (Å²) in [7, 11) is 1.33. The van der Waals surface area contributed by atoms with Gasteiger partial charge in [-0.3, -0.25) is 4.99 Å². The van der Waals surface area contributed by atoms with Crippen LogP contribution in [0, 0.1) is 0 Å². The van der Waals surface area contributed by atoms with E-state index in [2.05, 4.69) is 14.7 Å². The number of carbonyl (C=O) groups excluding carboxylic acids is 1. The number of hydrogen-bond acceptors (Lipinski definition) is 6. The van der Waals surface area contributed by atoms with Gasteiger partial charge < -0.3 is 14.3 Å². The lowest BCUT2D eigenvalue weighted by atomic mass is 10.2.